The number of nitrogens with one attached hydrogen (secondary N) is 2. The van der Waals surface area contributed by atoms with Crippen LogP contribution in [-0.2, 0) is 20.0 Å². The summed E-state index contributed by atoms with van der Waals surface area (Å²) < 4.78 is 75.5. The van der Waals surface area contributed by atoms with Crippen molar-refractivity contribution in [1.29, 1.82) is 0 Å². The lowest BCUT2D eigenvalue weighted by molar-refractivity contribution is 0.504. The Bertz CT molecular complexity index is 674. The van der Waals surface area contributed by atoms with Crippen LogP contribution in [0, 0.1) is 11.6 Å². The highest BCUT2D eigenvalue weighted by molar-refractivity contribution is 7.89. The Hall–Kier alpha value is -1.10. The van der Waals surface area contributed by atoms with E-state index in [-0.39, 0.29) is 18.8 Å². The number of rotatable bonds is 7. The topological polar surface area (TPSA) is 92.3 Å². The van der Waals surface area contributed by atoms with Crippen LogP contribution in [0.2, 0.25) is 0 Å². The summed E-state index contributed by atoms with van der Waals surface area (Å²) in [6.45, 7) is 1.09. The first-order valence-corrected chi connectivity index (χ1v) is 8.73. The molecule has 0 bridgehead atoms. The predicted octanol–water partition coefficient (Wildman–Crippen LogP) is 0.182. The van der Waals surface area contributed by atoms with E-state index in [0.717, 1.165) is 6.07 Å². The molecule has 6 nitrogen and oxygen atoms in total. The Morgan fingerprint density at radius 3 is 2.15 bits per heavy atom. The molecule has 1 rings (SSSR count). The van der Waals surface area contributed by atoms with E-state index < -0.39 is 36.6 Å². The third-order valence-corrected chi connectivity index (χ3v) is 5.18. The van der Waals surface area contributed by atoms with Crippen LogP contribution in [0.25, 0.3) is 0 Å². The molecular weight excluding hydrogens is 314 g/mol. The molecule has 2 N–H and O–H groups in total. The molecule has 20 heavy (non-hydrogen) atoms. The van der Waals surface area contributed by atoms with Gasteiger partial charge in [0.05, 0.1) is 10.6 Å². The van der Waals surface area contributed by atoms with E-state index in [0.29, 0.717) is 12.1 Å². The summed E-state index contributed by atoms with van der Waals surface area (Å²) in [5.74, 6) is -2.55. The van der Waals surface area contributed by atoms with Crippen molar-refractivity contribution in [2.24, 2.45) is 0 Å². The SMILES string of the molecule is CCS(=O)(=O)NCCNS(=O)(=O)c1ccc(F)c(F)c1. The molecule has 0 heterocycles. The third-order valence-electron chi connectivity index (χ3n) is 2.32. The molecule has 0 amide bonds. The summed E-state index contributed by atoms with van der Waals surface area (Å²) in [6, 6.07) is 2.16. The largest absolute Gasteiger partial charge is 0.240 e. The van der Waals surface area contributed by atoms with E-state index in [4.69, 9.17) is 0 Å². The van der Waals surface area contributed by atoms with Crippen LogP contribution in [-0.4, -0.2) is 35.7 Å². The Labute approximate surface area is 116 Å². The number of benzene rings is 1. The van der Waals surface area contributed by atoms with Crippen molar-refractivity contribution in [3.05, 3.63) is 29.8 Å². The molecule has 0 saturated heterocycles. The average molecular weight is 328 g/mol. The van der Waals surface area contributed by atoms with Gasteiger partial charge in [-0.2, -0.15) is 0 Å². The summed E-state index contributed by atoms with van der Waals surface area (Å²) in [6.07, 6.45) is 0. The van der Waals surface area contributed by atoms with Crippen molar-refractivity contribution in [3.63, 3.8) is 0 Å². The van der Waals surface area contributed by atoms with Gasteiger partial charge < -0.3 is 0 Å². The molecule has 1 aromatic rings. The van der Waals surface area contributed by atoms with Gasteiger partial charge in [0.2, 0.25) is 20.0 Å². The molecule has 0 fully saturated rings. The molecule has 0 radical (unpaired) electrons. The summed E-state index contributed by atoms with van der Waals surface area (Å²) in [4.78, 5) is -0.435. The van der Waals surface area contributed by atoms with Crippen LogP contribution in [0.3, 0.4) is 0 Å². The summed E-state index contributed by atoms with van der Waals surface area (Å²) in [5, 5.41) is 0. The molecule has 0 aliphatic carbocycles. The van der Waals surface area contributed by atoms with E-state index >= 15 is 0 Å². The number of hydrogen-bond donors (Lipinski definition) is 2. The van der Waals surface area contributed by atoms with Crippen LogP contribution >= 0.6 is 0 Å². The molecule has 0 atom stereocenters. The second-order valence-corrected chi connectivity index (χ2v) is 7.63. The van der Waals surface area contributed by atoms with E-state index in [1.54, 1.807) is 0 Å². The lowest BCUT2D eigenvalue weighted by atomic mass is 10.3. The van der Waals surface area contributed by atoms with Gasteiger partial charge in [-0.25, -0.2) is 35.1 Å². The van der Waals surface area contributed by atoms with Crippen LogP contribution in [0.15, 0.2) is 23.1 Å². The zero-order valence-corrected chi connectivity index (χ0v) is 12.2. The van der Waals surface area contributed by atoms with E-state index in [9.17, 15) is 25.6 Å². The van der Waals surface area contributed by atoms with Crippen LogP contribution < -0.4 is 9.44 Å². The molecule has 0 aromatic heterocycles. The van der Waals surface area contributed by atoms with Crippen molar-refractivity contribution in [2.75, 3.05) is 18.8 Å². The van der Waals surface area contributed by atoms with Crippen LogP contribution in [0.5, 0.6) is 0 Å². The van der Waals surface area contributed by atoms with Crippen molar-refractivity contribution in [2.45, 2.75) is 11.8 Å². The quantitative estimate of drug-likeness (QED) is 0.699. The Morgan fingerprint density at radius 2 is 1.60 bits per heavy atom. The molecule has 0 saturated carbocycles. The molecular formula is C10H14F2N2O4S2. The number of halogens is 2. The monoisotopic (exact) mass is 328 g/mol. The fourth-order valence-corrected chi connectivity index (χ4v) is 2.88. The summed E-state index contributed by atoms with van der Waals surface area (Å²) >= 11 is 0. The molecule has 0 unspecified atom stereocenters. The van der Waals surface area contributed by atoms with Gasteiger partial charge >= 0.3 is 0 Å². The van der Waals surface area contributed by atoms with Crippen molar-refractivity contribution in [1.82, 2.24) is 9.44 Å². The maximum Gasteiger partial charge on any atom is 0.240 e. The smallest absolute Gasteiger partial charge is 0.214 e. The van der Waals surface area contributed by atoms with Gasteiger partial charge in [-0.1, -0.05) is 0 Å². The first-order valence-electron chi connectivity index (χ1n) is 5.60. The van der Waals surface area contributed by atoms with Gasteiger partial charge in [0, 0.05) is 13.1 Å². The normalized spacial score (nSPS) is 12.6. The van der Waals surface area contributed by atoms with Gasteiger partial charge in [-0.05, 0) is 25.1 Å². The fraction of sp³-hybridized carbons (Fsp3) is 0.400. The zero-order valence-electron chi connectivity index (χ0n) is 10.6. The second kappa shape index (κ2) is 6.57. The minimum Gasteiger partial charge on any atom is -0.214 e. The van der Waals surface area contributed by atoms with Gasteiger partial charge in [-0.3, -0.25) is 0 Å². The Balaban J connectivity index is 2.64. The highest BCUT2D eigenvalue weighted by atomic mass is 32.2. The summed E-state index contributed by atoms with van der Waals surface area (Å²) in [7, 11) is -7.42. The lowest BCUT2D eigenvalue weighted by Crippen LogP contribution is -2.35. The van der Waals surface area contributed by atoms with Gasteiger partial charge in [-0.15, -0.1) is 0 Å². The molecule has 10 heteroatoms. The fourth-order valence-electron chi connectivity index (χ4n) is 1.22. The molecule has 0 spiro atoms. The van der Waals surface area contributed by atoms with Gasteiger partial charge in [0.25, 0.3) is 0 Å². The molecule has 1 aromatic carbocycles. The lowest BCUT2D eigenvalue weighted by Gasteiger charge is -2.08. The number of hydrogen-bond acceptors (Lipinski definition) is 4. The van der Waals surface area contributed by atoms with Crippen molar-refractivity contribution >= 4 is 20.0 Å². The molecule has 0 aliphatic rings. The van der Waals surface area contributed by atoms with Crippen LogP contribution in [0.1, 0.15) is 6.92 Å². The molecule has 114 valence electrons. The van der Waals surface area contributed by atoms with E-state index in [2.05, 4.69) is 9.44 Å². The minimum atomic E-state index is -4.02. The highest BCUT2D eigenvalue weighted by Crippen LogP contribution is 2.13. The average Bonchev–Trinajstić information content (AvgIpc) is 2.38. The standard InChI is InChI=1S/C10H14F2N2O4S2/c1-2-19(15,16)13-5-6-14-20(17,18)8-3-4-9(11)10(12)7-8/h3-4,7,13-14H,2,5-6H2,1H3. The zero-order chi connectivity index (χ0) is 15.4. The minimum absolute atomic E-state index is 0.122. The first-order chi connectivity index (χ1) is 9.18. The predicted molar refractivity (Wildman–Crippen MR) is 69.0 cm³/mol. The number of sulfonamides is 2. The van der Waals surface area contributed by atoms with E-state index in [1.165, 1.54) is 6.92 Å². The van der Waals surface area contributed by atoms with Crippen molar-refractivity contribution in [3.8, 4) is 0 Å². The van der Waals surface area contributed by atoms with Gasteiger partial charge in [0.15, 0.2) is 11.6 Å². The van der Waals surface area contributed by atoms with Crippen molar-refractivity contribution < 1.29 is 25.6 Å². The third kappa shape index (κ3) is 4.78. The highest BCUT2D eigenvalue weighted by Gasteiger charge is 2.16. The maximum atomic E-state index is 12.9. The first kappa shape index (κ1) is 17.0. The maximum absolute atomic E-state index is 12.9. The van der Waals surface area contributed by atoms with E-state index in [1.807, 2.05) is 0 Å². The Morgan fingerprint density at radius 1 is 1.00 bits per heavy atom. The van der Waals surface area contributed by atoms with Gasteiger partial charge in [0.1, 0.15) is 0 Å². The summed E-state index contributed by atoms with van der Waals surface area (Å²) in [5.41, 5.74) is 0. The second-order valence-electron chi connectivity index (χ2n) is 3.77. The molecule has 0 aliphatic heterocycles. The van der Waals surface area contributed by atoms with Crippen LogP contribution in [0.4, 0.5) is 8.78 Å². The Kier molecular flexibility index (Phi) is 5.57.